The Kier molecular flexibility index (Phi) is 15.8. The van der Waals surface area contributed by atoms with E-state index in [1.54, 1.807) is 66.7 Å². The topological polar surface area (TPSA) is 298 Å². The van der Waals surface area contributed by atoms with E-state index < -0.39 is 90.2 Å². The minimum atomic E-state index is -1.77. The van der Waals surface area contributed by atoms with E-state index >= 15 is 0 Å². The number of phenolic OH excluding ortho intramolecular Hbond substituents is 4. The van der Waals surface area contributed by atoms with Crippen molar-refractivity contribution in [1.82, 2.24) is 36.9 Å². The zero-order valence-electron chi connectivity index (χ0n) is 36.4. The second kappa shape index (κ2) is 22.0. The normalized spacial score (nSPS) is 21.1. The lowest BCUT2D eigenvalue weighted by Crippen LogP contribution is -2.63. The Bertz CT molecular complexity index is 2530. The van der Waals surface area contributed by atoms with E-state index in [0.717, 1.165) is 12.1 Å². The maximum atomic E-state index is 14.6. The Balaban J connectivity index is 1.40. The van der Waals surface area contributed by atoms with Crippen molar-refractivity contribution in [3.8, 4) is 23.0 Å². The number of cyclic esters (lactones) is 1. The number of nitrogens with one attached hydrogen (secondary N) is 7. The molecule has 0 spiro atoms. The number of hydrogen-bond donors (Lipinski definition) is 11. The fraction of sp³-hybridized carbons (Fsp3) is 0.271. The molecule has 4 aromatic carbocycles. The third kappa shape index (κ3) is 13.6. The Morgan fingerprint density at radius 1 is 0.582 bits per heavy atom. The molecule has 0 bridgehead atoms. The maximum absolute atomic E-state index is 14.6. The molecule has 0 saturated carbocycles. The molecule has 1 saturated heterocycles. The summed E-state index contributed by atoms with van der Waals surface area (Å²) >= 11 is 0. The molecular weight excluding hydrogens is 867 g/mol. The zero-order chi connectivity index (χ0) is 48.2. The summed E-state index contributed by atoms with van der Waals surface area (Å²) in [5.74, 6) is -7.84. The number of esters is 1. The zero-order valence-corrected chi connectivity index (χ0v) is 36.4. The molecule has 19 heteroatoms. The molecule has 7 atom stereocenters. The predicted molar refractivity (Wildman–Crippen MR) is 240 cm³/mol. The molecule has 1 aromatic heterocycles. The van der Waals surface area contributed by atoms with Crippen LogP contribution in [0.3, 0.4) is 0 Å². The van der Waals surface area contributed by atoms with Gasteiger partial charge >= 0.3 is 5.97 Å². The van der Waals surface area contributed by atoms with Crippen LogP contribution in [0.5, 0.6) is 23.0 Å². The van der Waals surface area contributed by atoms with Crippen LogP contribution in [-0.4, -0.2) is 109 Å². The van der Waals surface area contributed by atoms with Crippen molar-refractivity contribution in [3.63, 3.8) is 0 Å². The SMILES string of the molecule is CC1NC(=O)C(Cc2ccccc2)NC(=O)C(NC(=O)C(Cc2ccccc2)NC(=O)c2ccc[nH]2)C(C)OC(=O)C(Cc2cc(O)cc(O)c2)NC(=O)C(Cc2cc(O)cc(O)c2)NC1=O. The van der Waals surface area contributed by atoms with Crippen molar-refractivity contribution >= 4 is 41.4 Å². The number of ether oxygens (including phenoxy) is 1. The molecule has 0 aliphatic carbocycles. The van der Waals surface area contributed by atoms with E-state index in [0.29, 0.717) is 11.1 Å². The summed E-state index contributed by atoms with van der Waals surface area (Å²) in [6, 6.07) is 18.4. The summed E-state index contributed by atoms with van der Waals surface area (Å²) in [4.78, 5) is 102. The number of carbonyl (C=O) groups is 7. The molecule has 6 amide bonds. The number of amides is 6. The van der Waals surface area contributed by atoms with Crippen LogP contribution < -0.4 is 31.9 Å². The van der Waals surface area contributed by atoms with Crippen molar-refractivity contribution in [2.24, 2.45) is 0 Å². The lowest BCUT2D eigenvalue weighted by Gasteiger charge is -2.31. The fourth-order valence-corrected chi connectivity index (χ4v) is 7.44. The summed E-state index contributed by atoms with van der Waals surface area (Å²) in [5, 5.41) is 56.6. The summed E-state index contributed by atoms with van der Waals surface area (Å²) in [6.45, 7) is 2.63. The van der Waals surface area contributed by atoms with Crippen LogP contribution in [0.25, 0.3) is 0 Å². The summed E-state index contributed by atoms with van der Waals surface area (Å²) in [5.41, 5.74) is 1.71. The average molecular weight is 918 g/mol. The van der Waals surface area contributed by atoms with Gasteiger partial charge in [0.25, 0.3) is 5.91 Å². The van der Waals surface area contributed by atoms with Crippen LogP contribution >= 0.6 is 0 Å². The number of phenols is 4. The Morgan fingerprint density at radius 3 is 1.63 bits per heavy atom. The van der Waals surface area contributed by atoms with Crippen molar-refractivity contribution in [2.75, 3.05) is 0 Å². The molecule has 0 radical (unpaired) electrons. The first-order valence-corrected chi connectivity index (χ1v) is 21.3. The van der Waals surface area contributed by atoms with Crippen molar-refractivity contribution in [3.05, 3.63) is 143 Å². The third-order valence-electron chi connectivity index (χ3n) is 10.8. The Labute approximate surface area is 384 Å². The molecule has 1 fully saturated rings. The summed E-state index contributed by atoms with van der Waals surface area (Å²) in [6.07, 6.45) is -0.982. The minimum absolute atomic E-state index is 0.0468. The van der Waals surface area contributed by atoms with Crippen molar-refractivity contribution in [2.45, 2.75) is 81.9 Å². The molecule has 6 rings (SSSR count). The van der Waals surface area contributed by atoms with Crippen LogP contribution in [0.2, 0.25) is 0 Å². The lowest BCUT2D eigenvalue weighted by molar-refractivity contribution is -0.156. The number of rotatable bonds is 12. The molecule has 1 aliphatic rings. The molecular formula is C48H51N7O12. The number of H-pyrrole nitrogens is 1. The van der Waals surface area contributed by atoms with Crippen molar-refractivity contribution in [1.29, 1.82) is 0 Å². The highest BCUT2D eigenvalue weighted by molar-refractivity contribution is 5.99. The number of benzene rings is 4. The standard InChI is InChI=1S/C48H51N7O12/c1-26-42(60)51-39(22-30-16-32(56)24-33(57)17-30)45(63)54-40(23-31-18-34(58)25-35(59)19-31)48(66)67-27(2)41(47(65)53-37(44(62)50-26)20-28-10-5-3-6-11-28)55-46(64)38(21-29-12-7-4-8-13-29)52-43(61)36-14-9-15-49-36/h3-19,24-27,37-41,49,56-59H,20-23H2,1-2H3,(H,50,62)(H,51,60)(H,52,61)(H,53,65)(H,54,63)(H,55,64). The predicted octanol–water partition coefficient (Wildman–Crippen LogP) is 1.30. The fourth-order valence-electron chi connectivity index (χ4n) is 7.44. The van der Waals surface area contributed by atoms with E-state index in [1.807, 2.05) is 0 Å². The van der Waals surface area contributed by atoms with Gasteiger partial charge in [-0.3, -0.25) is 28.8 Å². The molecule has 7 unspecified atom stereocenters. The van der Waals surface area contributed by atoms with Crippen LogP contribution in [0, 0.1) is 0 Å². The van der Waals surface area contributed by atoms with Gasteiger partial charge in [0.2, 0.25) is 29.5 Å². The highest BCUT2D eigenvalue weighted by atomic mass is 16.5. The van der Waals surface area contributed by atoms with Gasteiger partial charge in [0.15, 0.2) is 0 Å². The summed E-state index contributed by atoms with van der Waals surface area (Å²) < 4.78 is 5.87. The van der Waals surface area contributed by atoms with Crippen molar-refractivity contribution < 1.29 is 58.7 Å². The first kappa shape index (κ1) is 48.1. The number of aromatic amines is 1. The van der Waals surface area contributed by atoms with Gasteiger partial charge in [0.1, 0.15) is 71.0 Å². The molecule has 19 nitrogen and oxygen atoms in total. The second-order valence-corrected chi connectivity index (χ2v) is 16.2. The van der Waals surface area contributed by atoms with Crippen LogP contribution in [0.4, 0.5) is 0 Å². The Hall–Kier alpha value is -8.35. The van der Waals surface area contributed by atoms with Gasteiger partial charge in [-0.05, 0) is 72.5 Å². The maximum Gasteiger partial charge on any atom is 0.329 e. The third-order valence-corrected chi connectivity index (χ3v) is 10.8. The van der Waals surface area contributed by atoms with Gasteiger partial charge in [0.05, 0.1) is 0 Å². The minimum Gasteiger partial charge on any atom is -0.508 e. The number of carbonyl (C=O) groups excluding carboxylic acids is 7. The van der Waals surface area contributed by atoms with Gasteiger partial charge in [0, 0.05) is 44.0 Å². The van der Waals surface area contributed by atoms with Crippen LogP contribution in [0.1, 0.15) is 46.6 Å². The number of aromatic nitrogens is 1. The molecule has 1 aliphatic heterocycles. The first-order chi connectivity index (χ1) is 32.0. The van der Waals surface area contributed by atoms with E-state index in [9.17, 15) is 54.0 Å². The first-order valence-electron chi connectivity index (χ1n) is 21.3. The Morgan fingerprint density at radius 2 is 1.07 bits per heavy atom. The highest BCUT2D eigenvalue weighted by Gasteiger charge is 2.38. The number of aromatic hydroxyl groups is 4. The van der Waals surface area contributed by atoms with Gasteiger partial charge in [-0.25, -0.2) is 4.79 Å². The second-order valence-electron chi connectivity index (χ2n) is 16.2. The number of hydrogen-bond acceptors (Lipinski definition) is 12. The summed E-state index contributed by atoms with van der Waals surface area (Å²) in [7, 11) is 0. The van der Waals surface area contributed by atoms with Gasteiger partial charge in [-0.1, -0.05) is 60.7 Å². The molecule has 5 aromatic rings. The van der Waals surface area contributed by atoms with Crippen LogP contribution in [0.15, 0.2) is 115 Å². The molecule has 350 valence electrons. The van der Waals surface area contributed by atoms with Gasteiger partial charge in [-0.15, -0.1) is 0 Å². The van der Waals surface area contributed by atoms with Crippen LogP contribution in [-0.2, 0) is 59.2 Å². The molecule has 67 heavy (non-hydrogen) atoms. The largest absolute Gasteiger partial charge is 0.508 e. The highest BCUT2D eigenvalue weighted by Crippen LogP contribution is 2.24. The smallest absolute Gasteiger partial charge is 0.329 e. The monoisotopic (exact) mass is 917 g/mol. The van der Waals surface area contributed by atoms with E-state index in [-0.39, 0.29) is 59.1 Å². The van der Waals surface area contributed by atoms with E-state index in [1.165, 1.54) is 50.4 Å². The van der Waals surface area contributed by atoms with E-state index in [4.69, 9.17) is 4.74 Å². The van der Waals surface area contributed by atoms with E-state index in [2.05, 4.69) is 36.9 Å². The van der Waals surface area contributed by atoms with Gasteiger partial charge < -0.3 is 62.0 Å². The average Bonchev–Trinajstić information content (AvgIpc) is 3.82. The lowest BCUT2D eigenvalue weighted by atomic mass is 10.0. The quantitative estimate of drug-likeness (QED) is 0.0790. The molecule has 2 heterocycles. The molecule has 11 N–H and O–H groups in total. The van der Waals surface area contributed by atoms with Gasteiger partial charge in [-0.2, -0.15) is 0 Å².